The van der Waals surface area contributed by atoms with Crippen molar-refractivity contribution in [1.82, 2.24) is 5.32 Å². The Morgan fingerprint density at radius 1 is 1.62 bits per heavy atom. The van der Waals surface area contributed by atoms with E-state index in [0.29, 0.717) is 5.38 Å². The van der Waals surface area contributed by atoms with Gasteiger partial charge >= 0.3 is 0 Å². The van der Waals surface area contributed by atoms with Crippen LogP contribution in [0.4, 0.5) is 0 Å². The maximum absolute atomic E-state index is 5.83. The molecule has 1 unspecified atom stereocenters. The van der Waals surface area contributed by atoms with Crippen LogP contribution in [0.5, 0.6) is 0 Å². The third-order valence-electron chi connectivity index (χ3n) is 1.86. The van der Waals surface area contributed by atoms with Gasteiger partial charge in [-0.1, -0.05) is 0 Å². The molecule has 0 fully saturated rings. The fraction of sp³-hybridized carbons (Fsp3) is 0.600. The normalized spacial score (nSPS) is 13.1. The molecule has 0 aromatic carbocycles. The van der Waals surface area contributed by atoms with Crippen LogP contribution in [0.1, 0.15) is 25.3 Å². The molecule has 1 heterocycles. The fourth-order valence-electron chi connectivity index (χ4n) is 1.13. The number of rotatable bonds is 6. The van der Waals surface area contributed by atoms with Gasteiger partial charge in [0.05, 0.1) is 0 Å². The van der Waals surface area contributed by atoms with E-state index in [-0.39, 0.29) is 0 Å². The van der Waals surface area contributed by atoms with Gasteiger partial charge in [-0.15, -0.1) is 11.6 Å². The molecule has 0 bridgehead atoms. The van der Waals surface area contributed by atoms with E-state index >= 15 is 0 Å². The van der Waals surface area contributed by atoms with Crippen LogP contribution in [-0.2, 0) is 6.54 Å². The molecule has 0 aliphatic carbocycles. The second-order valence-electron chi connectivity index (χ2n) is 3.23. The quantitative estimate of drug-likeness (QED) is 0.570. The molecule has 0 saturated carbocycles. The maximum atomic E-state index is 5.83. The lowest BCUT2D eigenvalue weighted by Gasteiger charge is -2.04. The summed E-state index contributed by atoms with van der Waals surface area (Å²) in [5.41, 5.74) is 1.38. The highest BCUT2D eigenvalue weighted by molar-refractivity contribution is 7.07. The van der Waals surface area contributed by atoms with Crippen molar-refractivity contribution in [3.05, 3.63) is 22.4 Å². The summed E-state index contributed by atoms with van der Waals surface area (Å²) in [6.45, 7) is 4.09. The Morgan fingerprint density at radius 2 is 2.46 bits per heavy atom. The lowest BCUT2D eigenvalue weighted by Crippen LogP contribution is -2.14. The highest BCUT2D eigenvalue weighted by Gasteiger charge is 1.96. The standard InChI is InChI=1S/C10H16ClNS/c1-9(11)3-2-5-12-7-10-4-6-13-8-10/h4,6,8-9,12H,2-3,5,7H2,1H3. The summed E-state index contributed by atoms with van der Waals surface area (Å²) < 4.78 is 0. The molecule has 0 amide bonds. The van der Waals surface area contributed by atoms with E-state index < -0.39 is 0 Å². The minimum Gasteiger partial charge on any atom is -0.313 e. The van der Waals surface area contributed by atoms with Crippen molar-refractivity contribution in [1.29, 1.82) is 0 Å². The van der Waals surface area contributed by atoms with Crippen LogP contribution in [0.3, 0.4) is 0 Å². The summed E-state index contributed by atoms with van der Waals surface area (Å²) >= 11 is 7.58. The Bertz CT molecular complexity index is 209. The molecular weight excluding hydrogens is 202 g/mol. The Balaban J connectivity index is 1.96. The van der Waals surface area contributed by atoms with Gasteiger partial charge in [-0.25, -0.2) is 0 Å². The van der Waals surface area contributed by atoms with Crippen molar-refractivity contribution >= 4 is 22.9 Å². The van der Waals surface area contributed by atoms with Gasteiger partial charge in [0.25, 0.3) is 0 Å². The van der Waals surface area contributed by atoms with E-state index in [0.717, 1.165) is 25.9 Å². The first-order chi connectivity index (χ1) is 6.29. The van der Waals surface area contributed by atoms with Gasteiger partial charge in [-0.05, 0) is 48.7 Å². The van der Waals surface area contributed by atoms with Gasteiger partial charge in [0, 0.05) is 11.9 Å². The average Bonchev–Trinajstić information content (AvgIpc) is 2.55. The van der Waals surface area contributed by atoms with Crippen LogP contribution in [-0.4, -0.2) is 11.9 Å². The van der Waals surface area contributed by atoms with Crippen LogP contribution in [0.2, 0.25) is 0 Å². The third-order valence-corrected chi connectivity index (χ3v) is 2.81. The number of alkyl halides is 1. The van der Waals surface area contributed by atoms with Crippen molar-refractivity contribution in [2.45, 2.75) is 31.7 Å². The Labute approximate surface area is 89.1 Å². The van der Waals surface area contributed by atoms with E-state index in [1.165, 1.54) is 5.56 Å². The van der Waals surface area contributed by atoms with E-state index in [2.05, 4.69) is 22.1 Å². The Morgan fingerprint density at radius 3 is 3.08 bits per heavy atom. The first kappa shape index (κ1) is 11.0. The molecule has 1 nitrogen and oxygen atoms in total. The molecule has 0 aliphatic rings. The summed E-state index contributed by atoms with van der Waals surface area (Å²) in [5.74, 6) is 0. The monoisotopic (exact) mass is 217 g/mol. The predicted molar refractivity (Wildman–Crippen MR) is 60.6 cm³/mol. The molecule has 13 heavy (non-hydrogen) atoms. The minimum absolute atomic E-state index is 0.308. The third kappa shape index (κ3) is 5.29. The predicted octanol–water partition coefficient (Wildman–Crippen LogP) is 3.25. The second kappa shape index (κ2) is 6.41. The lowest BCUT2D eigenvalue weighted by molar-refractivity contribution is 0.620. The topological polar surface area (TPSA) is 12.0 Å². The molecule has 1 rings (SSSR count). The molecule has 0 radical (unpaired) electrons. The Kier molecular flexibility index (Phi) is 5.44. The molecule has 1 aromatic heterocycles. The van der Waals surface area contributed by atoms with Crippen molar-refractivity contribution < 1.29 is 0 Å². The molecule has 74 valence electrons. The number of hydrogen-bond donors (Lipinski definition) is 1. The summed E-state index contributed by atoms with van der Waals surface area (Å²) in [7, 11) is 0. The highest BCUT2D eigenvalue weighted by atomic mass is 35.5. The van der Waals surface area contributed by atoms with E-state index in [1.807, 2.05) is 6.92 Å². The van der Waals surface area contributed by atoms with Gasteiger partial charge < -0.3 is 5.32 Å². The lowest BCUT2D eigenvalue weighted by atomic mass is 10.2. The zero-order chi connectivity index (χ0) is 9.52. The summed E-state index contributed by atoms with van der Waals surface area (Å²) in [5, 5.41) is 7.99. The van der Waals surface area contributed by atoms with Crippen LogP contribution in [0, 0.1) is 0 Å². The van der Waals surface area contributed by atoms with Crippen LogP contribution in [0.25, 0.3) is 0 Å². The largest absolute Gasteiger partial charge is 0.313 e. The van der Waals surface area contributed by atoms with Gasteiger partial charge in [0.15, 0.2) is 0 Å². The van der Waals surface area contributed by atoms with Crippen LogP contribution >= 0.6 is 22.9 Å². The Hall–Kier alpha value is -0.0500. The molecule has 0 spiro atoms. The molecule has 1 aromatic rings. The number of hydrogen-bond acceptors (Lipinski definition) is 2. The highest BCUT2D eigenvalue weighted by Crippen LogP contribution is 2.05. The van der Waals surface area contributed by atoms with Crippen LogP contribution < -0.4 is 5.32 Å². The summed E-state index contributed by atoms with van der Waals surface area (Å²) in [6.07, 6.45) is 2.26. The molecular formula is C10H16ClNS. The van der Waals surface area contributed by atoms with Crippen LogP contribution in [0.15, 0.2) is 16.8 Å². The first-order valence-electron chi connectivity index (χ1n) is 4.65. The second-order valence-corrected chi connectivity index (χ2v) is 4.76. The minimum atomic E-state index is 0.308. The van der Waals surface area contributed by atoms with Crippen molar-refractivity contribution in [2.24, 2.45) is 0 Å². The zero-order valence-corrected chi connectivity index (χ0v) is 9.50. The fourth-order valence-corrected chi connectivity index (χ4v) is 1.96. The van der Waals surface area contributed by atoms with Crippen molar-refractivity contribution in [2.75, 3.05) is 6.54 Å². The molecule has 1 N–H and O–H groups in total. The summed E-state index contributed by atoms with van der Waals surface area (Å²) in [6, 6.07) is 2.15. The van der Waals surface area contributed by atoms with Gasteiger partial charge in [0.1, 0.15) is 0 Å². The molecule has 0 saturated heterocycles. The van der Waals surface area contributed by atoms with Crippen molar-refractivity contribution in [3.8, 4) is 0 Å². The SMILES string of the molecule is CC(Cl)CCCNCc1ccsc1. The summed E-state index contributed by atoms with van der Waals surface area (Å²) in [4.78, 5) is 0. The zero-order valence-electron chi connectivity index (χ0n) is 7.92. The molecule has 0 aliphatic heterocycles. The number of thiophene rings is 1. The maximum Gasteiger partial charge on any atom is 0.0308 e. The van der Waals surface area contributed by atoms with E-state index in [4.69, 9.17) is 11.6 Å². The van der Waals surface area contributed by atoms with Crippen molar-refractivity contribution in [3.63, 3.8) is 0 Å². The van der Waals surface area contributed by atoms with Gasteiger partial charge in [-0.2, -0.15) is 11.3 Å². The van der Waals surface area contributed by atoms with Gasteiger partial charge in [0.2, 0.25) is 0 Å². The molecule has 3 heteroatoms. The van der Waals surface area contributed by atoms with E-state index in [9.17, 15) is 0 Å². The van der Waals surface area contributed by atoms with E-state index in [1.54, 1.807) is 11.3 Å². The number of nitrogens with one attached hydrogen (secondary N) is 1. The smallest absolute Gasteiger partial charge is 0.0308 e. The molecule has 1 atom stereocenters. The average molecular weight is 218 g/mol. The number of halogens is 1. The van der Waals surface area contributed by atoms with Gasteiger partial charge in [-0.3, -0.25) is 0 Å². The first-order valence-corrected chi connectivity index (χ1v) is 6.03.